The highest BCUT2D eigenvalue weighted by Gasteiger charge is 1.90. The zero-order valence-corrected chi connectivity index (χ0v) is 8.26. The Morgan fingerprint density at radius 3 is 2.33 bits per heavy atom. The molecule has 0 spiro atoms. The fourth-order valence-electron chi connectivity index (χ4n) is 1.06. The molecule has 2 heteroatoms. The van der Waals surface area contributed by atoms with E-state index in [0.29, 0.717) is 0 Å². The third kappa shape index (κ3) is 4.09. The van der Waals surface area contributed by atoms with E-state index in [0.717, 1.165) is 17.2 Å². The third-order valence-electron chi connectivity index (χ3n) is 1.79. The van der Waals surface area contributed by atoms with Crippen LogP contribution in [0.2, 0.25) is 0 Å². The molecule has 1 aromatic rings. The van der Waals surface area contributed by atoms with Gasteiger partial charge in [-0.15, -0.1) is 0 Å². The second kappa shape index (κ2) is 5.60. The van der Waals surface area contributed by atoms with Crippen molar-refractivity contribution in [1.82, 2.24) is 0 Å². The van der Waals surface area contributed by atoms with E-state index in [9.17, 15) is 4.79 Å². The van der Waals surface area contributed by atoms with Crippen LogP contribution in [0.25, 0.3) is 5.57 Å². The summed E-state index contributed by atoms with van der Waals surface area (Å²) in [4.78, 5) is 10.2. The monoisotopic (exact) mass is 200 g/mol. The minimum absolute atomic E-state index is 0.852. The van der Waals surface area contributed by atoms with Crippen LogP contribution in [-0.2, 0) is 4.79 Å². The van der Waals surface area contributed by atoms with E-state index < -0.39 is 5.97 Å². The van der Waals surface area contributed by atoms with Gasteiger partial charge in [0.05, 0.1) is 0 Å². The zero-order valence-electron chi connectivity index (χ0n) is 8.26. The van der Waals surface area contributed by atoms with Gasteiger partial charge < -0.3 is 5.11 Å². The molecule has 0 atom stereocenters. The maximum absolute atomic E-state index is 10.2. The first-order valence-electron chi connectivity index (χ1n) is 4.52. The van der Waals surface area contributed by atoms with Gasteiger partial charge >= 0.3 is 5.97 Å². The van der Waals surface area contributed by atoms with Crippen molar-refractivity contribution in [3.63, 3.8) is 0 Å². The summed E-state index contributed by atoms with van der Waals surface area (Å²) in [6.45, 7) is 3.87. The fourth-order valence-corrected chi connectivity index (χ4v) is 1.06. The van der Waals surface area contributed by atoms with Gasteiger partial charge in [-0.25, -0.2) is 4.79 Å². The second-order valence-electron chi connectivity index (χ2n) is 2.95. The molecule has 15 heavy (non-hydrogen) atoms. The molecule has 0 heterocycles. The summed E-state index contributed by atoms with van der Waals surface area (Å²) in [5.41, 5.74) is 1.88. The van der Waals surface area contributed by atoms with E-state index in [2.05, 4.69) is 6.58 Å². The van der Waals surface area contributed by atoms with E-state index in [1.54, 1.807) is 12.2 Å². The molecule has 2 nitrogen and oxygen atoms in total. The Morgan fingerprint density at radius 2 is 1.73 bits per heavy atom. The molecule has 0 bridgehead atoms. The van der Waals surface area contributed by atoms with Crippen molar-refractivity contribution in [2.24, 2.45) is 0 Å². The maximum Gasteiger partial charge on any atom is 0.328 e. The molecule has 0 amide bonds. The molecule has 0 radical (unpaired) electrons. The van der Waals surface area contributed by atoms with E-state index in [1.165, 1.54) is 6.08 Å². The van der Waals surface area contributed by atoms with Crippen molar-refractivity contribution in [2.75, 3.05) is 0 Å². The van der Waals surface area contributed by atoms with Gasteiger partial charge in [0.15, 0.2) is 0 Å². The number of hydrogen-bond acceptors (Lipinski definition) is 1. The van der Waals surface area contributed by atoms with E-state index >= 15 is 0 Å². The Bertz CT molecular complexity index is 400. The van der Waals surface area contributed by atoms with Crippen molar-refractivity contribution in [3.8, 4) is 0 Å². The summed E-state index contributed by atoms with van der Waals surface area (Å²) < 4.78 is 0. The van der Waals surface area contributed by atoms with E-state index in [1.807, 2.05) is 30.3 Å². The first-order valence-corrected chi connectivity index (χ1v) is 4.52. The zero-order chi connectivity index (χ0) is 11.1. The lowest BCUT2D eigenvalue weighted by molar-refractivity contribution is -0.131. The molecular weight excluding hydrogens is 188 g/mol. The Balaban J connectivity index is 2.61. The summed E-state index contributed by atoms with van der Waals surface area (Å²) in [5.74, 6) is -0.954. The Kier molecular flexibility index (Phi) is 4.10. The highest BCUT2D eigenvalue weighted by Crippen LogP contribution is 2.12. The number of carbonyl (C=O) groups is 1. The Labute approximate surface area is 88.9 Å². The smallest absolute Gasteiger partial charge is 0.328 e. The molecule has 0 unspecified atom stereocenters. The van der Waals surface area contributed by atoms with Gasteiger partial charge in [-0.05, 0) is 11.1 Å². The molecule has 0 aliphatic carbocycles. The van der Waals surface area contributed by atoms with Gasteiger partial charge in [0.25, 0.3) is 0 Å². The number of carboxylic acid groups (broad SMARTS) is 1. The molecule has 0 saturated heterocycles. The van der Waals surface area contributed by atoms with Crippen LogP contribution in [0.3, 0.4) is 0 Å². The summed E-state index contributed by atoms with van der Waals surface area (Å²) in [6.07, 6.45) is 5.98. The highest BCUT2D eigenvalue weighted by atomic mass is 16.4. The second-order valence-corrected chi connectivity index (χ2v) is 2.95. The van der Waals surface area contributed by atoms with Crippen LogP contribution in [0.1, 0.15) is 5.56 Å². The summed E-state index contributed by atoms with van der Waals surface area (Å²) in [5, 5.41) is 8.35. The van der Waals surface area contributed by atoms with Crippen molar-refractivity contribution in [3.05, 3.63) is 66.8 Å². The molecule has 1 N–H and O–H groups in total. The molecule has 0 aromatic heterocycles. The van der Waals surface area contributed by atoms with Crippen molar-refractivity contribution in [2.45, 2.75) is 0 Å². The number of benzene rings is 1. The molecule has 0 saturated carbocycles. The Hall–Kier alpha value is -2.09. The van der Waals surface area contributed by atoms with E-state index in [4.69, 9.17) is 5.11 Å². The van der Waals surface area contributed by atoms with Crippen LogP contribution in [0.15, 0.2) is 61.2 Å². The molecule has 1 aromatic carbocycles. The maximum atomic E-state index is 10.2. The number of allylic oxidation sites excluding steroid dienone is 4. The lowest BCUT2D eigenvalue weighted by Crippen LogP contribution is -1.84. The first kappa shape index (κ1) is 11.0. The van der Waals surface area contributed by atoms with Crippen LogP contribution in [0.5, 0.6) is 0 Å². The predicted molar refractivity (Wildman–Crippen MR) is 61.4 cm³/mol. The highest BCUT2D eigenvalue weighted by molar-refractivity contribution is 5.80. The number of hydrogen-bond donors (Lipinski definition) is 1. The predicted octanol–water partition coefficient (Wildman–Crippen LogP) is 2.90. The molecule has 1 rings (SSSR count). The quantitative estimate of drug-likeness (QED) is 0.599. The van der Waals surface area contributed by atoms with Crippen LogP contribution in [0.4, 0.5) is 0 Å². The van der Waals surface area contributed by atoms with Crippen molar-refractivity contribution < 1.29 is 9.90 Å². The van der Waals surface area contributed by atoms with Gasteiger partial charge in [0.1, 0.15) is 0 Å². The summed E-state index contributed by atoms with van der Waals surface area (Å²) in [7, 11) is 0. The largest absolute Gasteiger partial charge is 0.478 e. The number of aliphatic carboxylic acids is 1. The average molecular weight is 200 g/mol. The fraction of sp³-hybridized carbons (Fsp3) is 0. The molecule has 0 aliphatic heterocycles. The topological polar surface area (TPSA) is 37.3 Å². The van der Waals surface area contributed by atoms with Crippen LogP contribution in [0, 0.1) is 0 Å². The minimum Gasteiger partial charge on any atom is -0.478 e. The lowest BCUT2D eigenvalue weighted by Gasteiger charge is -1.97. The normalized spacial score (nSPS) is 10.9. The van der Waals surface area contributed by atoms with Crippen LogP contribution in [-0.4, -0.2) is 11.1 Å². The first-order chi connectivity index (χ1) is 7.20. The molecular formula is C13H12O2. The van der Waals surface area contributed by atoms with Crippen LogP contribution >= 0.6 is 0 Å². The minimum atomic E-state index is -0.954. The van der Waals surface area contributed by atoms with Gasteiger partial charge in [0, 0.05) is 6.08 Å². The SMILES string of the molecule is C=C(C=CC=CC(=O)O)c1ccccc1. The Morgan fingerprint density at radius 1 is 1.13 bits per heavy atom. The third-order valence-corrected chi connectivity index (χ3v) is 1.79. The lowest BCUT2D eigenvalue weighted by atomic mass is 10.1. The molecule has 0 aliphatic rings. The van der Waals surface area contributed by atoms with Crippen LogP contribution < -0.4 is 0 Å². The number of rotatable bonds is 4. The van der Waals surface area contributed by atoms with Gasteiger partial charge in [-0.2, -0.15) is 0 Å². The van der Waals surface area contributed by atoms with Gasteiger partial charge in [0.2, 0.25) is 0 Å². The van der Waals surface area contributed by atoms with E-state index in [-0.39, 0.29) is 0 Å². The van der Waals surface area contributed by atoms with Gasteiger partial charge in [-0.3, -0.25) is 0 Å². The summed E-state index contributed by atoms with van der Waals surface area (Å²) >= 11 is 0. The van der Waals surface area contributed by atoms with Gasteiger partial charge in [-0.1, -0.05) is 55.1 Å². The standard InChI is InChI=1S/C13H12O2/c1-11(7-5-6-10-13(14)15)12-8-3-2-4-9-12/h2-10H,1H2,(H,14,15). The van der Waals surface area contributed by atoms with Crippen molar-refractivity contribution >= 4 is 11.5 Å². The van der Waals surface area contributed by atoms with Crippen molar-refractivity contribution in [1.29, 1.82) is 0 Å². The molecule has 0 fully saturated rings. The summed E-state index contributed by atoms with van der Waals surface area (Å²) in [6, 6.07) is 9.70. The molecule has 76 valence electrons. The average Bonchev–Trinajstić information content (AvgIpc) is 2.25. The number of carboxylic acids is 1.